The number of fused-ring (bicyclic) bond motifs is 1. The van der Waals surface area contributed by atoms with Gasteiger partial charge in [0.05, 0.1) is 11.5 Å². The fourth-order valence-corrected chi connectivity index (χ4v) is 5.13. The molecule has 0 atom stereocenters. The van der Waals surface area contributed by atoms with Crippen LogP contribution >= 0.6 is 22.7 Å². The maximum atomic E-state index is 14.3. The Bertz CT molecular complexity index is 918. The molecule has 0 saturated carbocycles. The minimum atomic E-state index is -0.307. The van der Waals surface area contributed by atoms with Gasteiger partial charge in [0, 0.05) is 60.5 Å². The van der Waals surface area contributed by atoms with Crippen molar-refractivity contribution in [3.8, 4) is 0 Å². The summed E-state index contributed by atoms with van der Waals surface area (Å²) < 4.78 is 20.3. The Balaban J connectivity index is 1.59. The number of methoxy groups -OCH3 is 1. The number of carbonyl (C=O) groups excluding carboxylic acids is 1. The molecular formula is C18H18FN3O2S2. The number of hydrogen-bond donors (Lipinski definition) is 0. The number of hydrogen-bond acceptors (Lipinski definition) is 6. The van der Waals surface area contributed by atoms with Crippen LogP contribution < -0.4 is 4.90 Å². The van der Waals surface area contributed by atoms with E-state index in [1.54, 1.807) is 30.7 Å². The Hall–Kier alpha value is -2.03. The zero-order valence-corrected chi connectivity index (χ0v) is 15.9. The van der Waals surface area contributed by atoms with E-state index in [9.17, 15) is 9.18 Å². The summed E-state index contributed by atoms with van der Waals surface area (Å²) >= 11 is 2.95. The summed E-state index contributed by atoms with van der Waals surface area (Å²) in [5, 5.41) is 3.44. The van der Waals surface area contributed by atoms with Crippen molar-refractivity contribution in [2.45, 2.75) is 6.61 Å². The number of ether oxygens (including phenoxy) is 1. The van der Waals surface area contributed by atoms with Crippen LogP contribution in [-0.2, 0) is 11.3 Å². The number of amides is 1. The molecule has 0 N–H and O–H groups in total. The van der Waals surface area contributed by atoms with Crippen molar-refractivity contribution in [1.29, 1.82) is 0 Å². The maximum Gasteiger partial charge on any atom is 0.264 e. The number of carbonyl (C=O) groups is 1. The van der Waals surface area contributed by atoms with Crippen LogP contribution in [0.2, 0.25) is 0 Å². The summed E-state index contributed by atoms with van der Waals surface area (Å²) in [5.41, 5.74) is 0.651. The third-order valence-electron chi connectivity index (χ3n) is 4.50. The second-order valence-electron chi connectivity index (χ2n) is 6.05. The first-order valence-corrected chi connectivity index (χ1v) is 10.0. The van der Waals surface area contributed by atoms with Gasteiger partial charge >= 0.3 is 0 Å². The second-order valence-corrected chi connectivity index (χ2v) is 7.97. The molecular weight excluding hydrogens is 373 g/mol. The van der Waals surface area contributed by atoms with Gasteiger partial charge in [-0.2, -0.15) is 0 Å². The van der Waals surface area contributed by atoms with Gasteiger partial charge in [0.2, 0.25) is 0 Å². The number of halogens is 1. The van der Waals surface area contributed by atoms with Crippen molar-refractivity contribution in [1.82, 2.24) is 9.88 Å². The van der Waals surface area contributed by atoms with Gasteiger partial charge in [-0.3, -0.25) is 4.79 Å². The predicted octanol–water partition coefficient (Wildman–Crippen LogP) is 3.61. The van der Waals surface area contributed by atoms with Crippen molar-refractivity contribution in [3.63, 3.8) is 0 Å². The van der Waals surface area contributed by atoms with Crippen LogP contribution in [0.3, 0.4) is 0 Å². The van der Waals surface area contributed by atoms with Crippen molar-refractivity contribution < 1.29 is 13.9 Å². The number of anilines is 1. The van der Waals surface area contributed by atoms with Gasteiger partial charge in [-0.05, 0) is 12.1 Å². The van der Waals surface area contributed by atoms with Gasteiger partial charge in [-0.25, -0.2) is 9.37 Å². The molecule has 4 rings (SSSR count). The summed E-state index contributed by atoms with van der Waals surface area (Å²) in [6, 6.07) is 4.94. The minimum absolute atomic E-state index is 0.0450. The van der Waals surface area contributed by atoms with Crippen LogP contribution in [0.1, 0.15) is 15.2 Å². The first-order valence-electron chi connectivity index (χ1n) is 8.31. The molecule has 2 aromatic heterocycles. The van der Waals surface area contributed by atoms with E-state index in [-0.39, 0.29) is 18.3 Å². The summed E-state index contributed by atoms with van der Waals surface area (Å²) in [7, 11) is 1.56. The molecule has 0 aliphatic carbocycles. The van der Waals surface area contributed by atoms with E-state index in [0.29, 0.717) is 28.9 Å². The summed E-state index contributed by atoms with van der Waals surface area (Å²) in [4.78, 5) is 22.0. The van der Waals surface area contributed by atoms with E-state index >= 15 is 0 Å². The van der Waals surface area contributed by atoms with Gasteiger partial charge in [-0.15, -0.1) is 22.7 Å². The van der Waals surface area contributed by atoms with Crippen LogP contribution in [0.5, 0.6) is 0 Å². The monoisotopic (exact) mass is 391 g/mol. The summed E-state index contributed by atoms with van der Waals surface area (Å²) in [6.07, 6.45) is 1.79. The quantitative estimate of drug-likeness (QED) is 0.682. The molecule has 1 aliphatic heterocycles. The lowest BCUT2D eigenvalue weighted by atomic mass is 10.1. The number of piperazine rings is 1. The van der Waals surface area contributed by atoms with Crippen LogP contribution in [0.15, 0.2) is 29.8 Å². The number of benzene rings is 1. The van der Waals surface area contributed by atoms with Crippen molar-refractivity contribution in [3.05, 3.63) is 46.0 Å². The molecule has 5 nitrogen and oxygen atoms in total. The first-order chi connectivity index (χ1) is 12.7. The smallest absolute Gasteiger partial charge is 0.264 e. The largest absolute Gasteiger partial charge is 0.380 e. The minimum Gasteiger partial charge on any atom is -0.380 e. The van der Waals surface area contributed by atoms with Crippen LogP contribution in [0.4, 0.5) is 9.52 Å². The number of thiophene rings is 1. The highest BCUT2D eigenvalue weighted by Crippen LogP contribution is 2.35. The van der Waals surface area contributed by atoms with Gasteiger partial charge in [-0.1, -0.05) is 6.07 Å². The molecule has 1 fully saturated rings. The molecule has 0 bridgehead atoms. The third kappa shape index (κ3) is 3.08. The predicted molar refractivity (Wildman–Crippen MR) is 103 cm³/mol. The van der Waals surface area contributed by atoms with E-state index in [4.69, 9.17) is 4.74 Å². The van der Waals surface area contributed by atoms with Gasteiger partial charge < -0.3 is 14.5 Å². The zero-order valence-electron chi connectivity index (χ0n) is 14.3. The van der Waals surface area contributed by atoms with Crippen molar-refractivity contribution in [2.75, 3.05) is 38.2 Å². The normalized spacial score (nSPS) is 15.0. The standard InChI is InChI=1S/C18H18FN3O2S2/c1-24-11-12-15-13(19)3-2-4-14(15)26-16(12)17(23)21-6-8-22(9-7-21)18-20-5-10-25-18/h2-5,10H,6-9,11H2,1H3. The summed E-state index contributed by atoms with van der Waals surface area (Å²) in [5.74, 6) is -0.352. The molecule has 0 spiro atoms. The average molecular weight is 391 g/mol. The SMILES string of the molecule is COCc1c(C(=O)N2CCN(c3nccs3)CC2)sc2cccc(F)c12. The molecule has 136 valence electrons. The second kappa shape index (κ2) is 7.30. The molecule has 1 aliphatic rings. The van der Waals surface area contributed by atoms with Gasteiger partial charge in [0.15, 0.2) is 5.13 Å². The molecule has 3 aromatic rings. The topological polar surface area (TPSA) is 45.7 Å². The molecule has 8 heteroatoms. The highest BCUT2D eigenvalue weighted by atomic mass is 32.1. The van der Waals surface area contributed by atoms with E-state index in [0.717, 1.165) is 22.9 Å². The molecule has 3 heterocycles. The van der Waals surface area contributed by atoms with E-state index in [1.807, 2.05) is 16.3 Å². The molecule has 26 heavy (non-hydrogen) atoms. The summed E-state index contributed by atoms with van der Waals surface area (Å²) in [6.45, 7) is 2.97. The number of nitrogens with zero attached hydrogens (tertiary/aromatic N) is 3. The van der Waals surface area contributed by atoms with Crippen molar-refractivity contribution >= 4 is 43.8 Å². The van der Waals surface area contributed by atoms with Crippen LogP contribution in [0, 0.1) is 5.82 Å². The molecule has 1 amide bonds. The van der Waals surface area contributed by atoms with E-state index < -0.39 is 0 Å². The van der Waals surface area contributed by atoms with Gasteiger partial charge in [0.1, 0.15) is 5.82 Å². The Morgan fingerprint density at radius 3 is 2.81 bits per heavy atom. The lowest BCUT2D eigenvalue weighted by Gasteiger charge is -2.34. The van der Waals surface area contributed by atoms with Crippen molar-refractivity contribution in [2.24, 2.45) is 0 Å². The number of thiazole rings is 1. The van der Waals surface area contributed by atoms with Crippen LogP contribution in [-0.4, -0.2) is 49.1 Å². The molecule has 0 unspecified atom stereocenters. The van der Waals surface area contributed by atoms with Gasteiger partial charge in [0.25, 0.3) is 5.91 Å². The Labute approximate surface area is 158 Å². The fraction of sp³-hybridized carbons (Fsp3) is 0.333. The van der Waals surface area contributed by atoms with Crippen LogP contribution in [0.25, 0.3) is 10.1 Å². The lowest BCUT2D eigenvalue weighted by Crippen LogP contribution is -2.48. The van der Waals surface area contributed by atoms with E-state index in [1.165, 1.54) is 17.4 Å². The highest BCUT2D eigenvalue weighted by Gasteiger charge is 2.28. The fourth-order valence-electron chi connectivity index (χ4n) is 3.24. The Morgan fingerprint density at radius 2 is 2.12 bits per heavy atom. The number of rotatable bonds is 4. The molecule has 0 radical (unpaired) electrons. The average Bonchev–Trinajstić information content (AvgIpc) is 3.31. The highest BCUT2D eigenvalue weighted by molar-refractivity contribution is 7.21. The maximum absolute atomic E-state index is 14.3. The zero-order chi connectivity index (χ0) is 18.1. The lowest BCUT2D eigenvalue weighted by molar-refractivity contribution is 0.0747. The third-order valence-corrected chi connectivity index (χ3v) is 6.52. The number of aromatic nitrogens is 1. The Kier molecular flexibility index (Phi) is 4.88. The first kappa shape index (κ1) is 17.4. The molecule has 1 aromatic carbocycles. The molecule has 1 saturated heterocycles. The Morgan fingerprint density at radius 1 is 1.31 bits per heavy atom. The van der Waals surface area contributed by atoms with E-state index in [2.05, 4.69) is 9.88 Å².